The molecular formula is C13H17ClN4OS. The molecule has 1 aromatic heterocycles. The number of halogens is 1. The maximum Gasteiger partial charge on any atom is 0.223 e. The van der Waals surface area contributed by atoms with E-state index in [9.17, 15) is 4.79 Å². The monoisotopic (exact) mass is 312 g/mol. The van der Waals surface area contributed by atoms with Crippen LogP contribution < -0.4 is 4.90 Å². The second-order valence-electron chi connectivity index (χ2n) is 5.18. The van der Waals surface area contributed by atoms with Gasteiger partial charge in [-0.3, -0.25) is 4.79 Å². The highest BCUT2D eigenvalue weighted by atomic mass is 35.5. The predicted molar refractivity (Wildman–Crippen MR) is 80.5 cm³/mol. The second kappa shape index (κ2) is 5.41. The van der Waals surface area contributed by atoms with Crippen LogP contribution in [-0.4, -0.2) is 52.7 Å². The van der Waals surface area contributed by atoms with E-state index in [0.717, 1.165) is 37.4 Å². The van der Waals surface area contributed by atoms with Crippen molar-refractivity contribution in [3.05, 3.63) is 10.7 Å². The highest BCUT2D eigenvalue weighted by Gasteiger charge is 2.36. The number of anilines is 1. The quantitative estimate of drug-likeness (QED) is 0.475. The van der Waals surface area contributed by atoms with Crippen LogP contribution >= 0.6 is 23.4 Å². The number of amides is 1. The molecule has 20 heavy (non-hydrogen) atoms. The van der Waals surface area contributed by atoms with Gasteiger partial charge in [-0.25, -0.2) is 9.97 Å². The summed E-state index contributed by atoms with van der Waals surface area (Å²) in [5, 5.41) is 1.21. The Bertz CT molecular complexity index is 553. The number of carbonyl (C=O) groups excluding carboxylic acids is 1. The zero-order chi connectivity index (χ0) is 14.3. The average molecular weight is 313 g/mol. The van der Waals surface area contributed by atoms with Crippen molar-refractivity contribution in [2.75, 3.05) is 30.8 Å². The Labute approximate surface area is 127 Å². The first-order valence-corrected chi connectivity index (χ1v) is 8.33. The number of fused-ring (bicyclic) bond motifs is 1. The van der Waals surface area contributed by atoms with Crippen molar-refractivity contribution in [3.63, 3.8) is 0 Å². The standard InChI is InChI=1S/C13H17ClN4OS/c1-8-11(14)15-13(20-2)16-12(8)17-5-6-18-9(7-17)3-4-10(18)19/h9H,3-7H2,1-2H3. The van der Waals surface area contributed by atoms with Crippen molar-refractivity contribution in [3.8, 4) is 0 Å². The molecule has 3 heterocycles. The molecule has 0 saturated carbocycles. The van der Waals surface area contributed by atoms with Gasteiger partial charge in [-0.15, -0.1) is 0 Å². The summed E-state index contributed by atoms with van der Waals surface area (Å²) in [6.45, 7) is 4.38. The SMILES string of the molecule is CSc1nc(Cl)c(C)c(N2CCN3C(=O)CCC3C2)n1. The first-order valence-electron chi connectivity index (χ1n) is 6.72. The largest absolute Gasteiger partial charge is 0.352 e. The smallest absolute Gasteiger partial charge is 0.223 e. The lowest BCUT2D eigenvalue weighted by Crippen LogP contribution is -2.52. The molecule has 2 fully saturated rings. The molecule has 2 saturated heterocycles. The normalized spacial score (nSPS) is 22.4. The average Bonchev–Trinajstić information content (AvgIpc) is 2.82. The fourth-order valence-electron chi connectivity index (χ4n) is 2.92. The van der Waals surface area contributed by atoms with E-state index in [1.54, 1.807) is 0 Å². The number of rotatable bonds is 2. The molecule has 0 radical (unpaired) electrons. The lowest BCUT2D eigenvalue weighted by molar-refractivity contribution is -0.129. The minimum absolute atomic E-state index is 0.289. The molecule has 5 nitrogen and oxygen atoms in total. The molecule has 1 atom stereocenters. The van der Waals surface area contributed by atoms with E-state index in [1.165, 1.54) is 11.8 Å². The summed E-state index contributed by atoms with van der Waals surface area (Å²) in [7, 11) is 0. The van der Waals surface area contributed by atoms with Crippen LogP contribution in [0.5, 0.6) is 0 Å². The molecule has 3 rings (SSSR count). The third-order valence-electron chi connectivity index (χ3n) is 4.02. The van der Waals surface area contributed by atoms with Gasteiger partial charge in [0, 0.05) is 37.7 Å². The number of hydrogen-bond donors (Lipinski definition) is 0. The van der Waals surface area contributed by atoms with Crippen molar-refractivity contribution in [1.82, 2.24) is 14.9 Å². The highest BCUT2D eigenvalue weighted by Crippen LogP contribution is 2.30. The topological polar surface area (TPSA) is 49.3 Å². The van der Waals surface area contributed by atoms with Crippen LogP contribution in [0, 0.1) is 6.92 Å². The number of aromatic nitrogens is 2. The molecule has 0 aromatic carbocycles. The van der Waals surface area contributed by atoms with E-state index < -0.39 is 0 Å². The van der Waals surface area contributed by atoms with E-state index in [2.05, 4.69) is 14.9 Å². The fourth-order valence-corrected chi connectivity index (χ4v) is 3.49. The zero-order valence-corrected chi connectivity index (χ0v) is 13.2. The van der Waals surface area contributed by atoms with Crippen LogP contribution in [0.3, 0.4) is 0 Å². The first kappa shape index (κ1) is 13.9. The summed E-state index contributed by atoms with van der Waals surface area (Å²) in [4.78, 5) is 24.8. The lowest BCUT2D eigenvalue weighted by atomic mass is 10.1. The van der Waals surface area contributed by atoms with Crippen molar-refractivity contribution in [2.45, 2.75) is 31.0 Å². The third kappa shape index (κ3) is 2.35. The van der Waals surface area contributed by atoms with Gasteiger partial charge in [0.25, 0.3) is 0 Å². The number of piperazine rings is 1. The predicted octanol–water partition coefficient (Wildman–Crippen LogP) is 1.97. The van der Waals surface area contributed by atoms with E-state index in [-0.39, 0.29) is 5.91 Å². The van der Waals surface area contributed by atoms with Gasteiger partial charge >= 0.3 is 0 Å². The van der Waals surface area contributed by atoms with Gasteiger partial charge in [-0.05, 0) is 19.6 Å². The summed E-state index contributed by atoms with van der Waals surface area (Å²) >= 11 is 7.69. The van der Waals surface area contributed by atoms with Gasteiger partial charge in [0.1, 0.15) is 11.0 Å². The number of nitrogens with zero attached hydrogens (tertiary/aromatic N) is 4. The maximum absolute atomic E-state index is 11.7. The van der Waals surface area contributed by atoms with E-state index in [0.29, 0.717) is 22.8 Å². The summed E-state index contributed by atoms with van der Waals surface area (Å²) in [5.74, 6) is 1.20. The molecule has 0 bridgehead atoms. The van der Waals surface area contributed by atoms with Crippen molar-refractivity contribution < 1.29 is 4.79 Å². The third-order valence-corrected chi connectivity index (χ3v) is 4.93. The Morgan fingerprint density at radius 1 is 1.35 bits per heavy atom. The lowest BCUT2D eigenvalue weighted by Gasteiger charge is -2.38. The van der Waals surface area contributed by atoms with E-state index in [1.807, 2.05) is 18.1 Å². The summed E-state index contributed by atoms with van der Waals surface area (Å²) in [6, 6.07) is 0.321. The molecule has 7 heteroatoms. The van der Waals surface area contributed by atoms with Gasteiger partial charge in [0.05, 0.1) is 0 Å². The minimum Gasteiger partial charge on any atom is -0.352 e. The molecule has 0 spiro atoms. The van der Waals surface area contributed by atoms with Crippen LogP contribution in [0.2, 0.25) is 5.15 Å². The van der Waals surface area contributed by atoms with Crippen LogP contribution in [0.25, 0.3) is 0 Å². The van der Waals surface area contributed by atoms with Crippen molar-refractivity contribution in [2.24, 2.45) is 0 Å². The van der Waals surface area contributed by atoms with Crippen LogP contribution in [-0.2, 0) is 4.79 Å². The Morgan fingerprint density at radius 3 is 2.90 bits per heavy atom. The molecule has 2 aliphatic rings. The Hall–Kier alpha value is -1.01. The van der Waals surface area contributed by atoms with Crippen LogP contribution in [0.15, 0.2) is 5.16 Å². The first-order chi connectivity index (χ1) is 9.60. The molecule has 1 aromatic rings. The van der Waals surface area contributed by atoms with Gasteiger partial charge in [-0.1, -0.05) is 23.4 Å². The Morgan fingerprint density at radius 2 is 2.15 bits per heavy atom. The molecule has 2 aliphatic heterocycles. The Kier molecular flexibility index (Phi) is 3.77. The number of hydrogen-bond acceptors (Lipinski definition) is 5. The van der Waals surface area contributed by atoms with E-state index in [4.69, 9.17) is 11.6 Å². The summed E-state index contributed by atoms with van der Waals surface area (Å²) in [6.07, 6.45) is 3.57. The highest BCUT2D eigenvalue weighted by molar-refractivity contribution is 7.98. The molecule has 1 amide bonds. The molecule has 1 unspecified atom stereocenters. The molecule has 0 aliphatic carbocycles. The van der Waals surface area contributed by atoms with E-state index >= 15 is 0 Å². The molecular weight excluding hydrogens is 296 g/mol. The van der Waals surface area contributed by atoms with Crippen molar-refractivity contribution in [1.29, 1.82) is 0 Å². The number of carbonyl (C=O) groups is 1. The van der Waals surface area contributed by atoms with Crippen molar-refractivity contribution >= 4 is 35.1 Å². The summed E-state index contributed by atoms with van der Waals surface area (Å²) in [5.41, 5.74) is 0.919. The van der Waals surface area contributed by atoms with Gasteiger partial charge < -0.3 is 9.80 Å². The zero-order valence-electron chi connectivity index (χ0n) is 11.6. The van der Waals surface area contributed by atoms with Gasteiger partial charge in [0.15, 0.2) is 5.16 Å². The fraction of sp³-hybridized carbons (Fsp3) is 0.615. The molecule has 0 N–H and O–H groups in total. The minimum atomic E-state index is 0.289. The van der Waals surface area contributed by atoms with Crippen LogP contribution in [0.4, 0.5) is 5.82 Å². The maximum atomic E-state index is 11.7. The van der Waals surface area contributed by atoms with Crippen LogP contribution in [0.1, 0.15) is 18.4 Å². The number of thioether (sulfide) groups is 1. The van der Waals surface area contributed by atoms with Gasteiger partial charge in [0.2, 0.25) is 5.91 Å². The van der Waals surface area contributed by atoms with Gasteiger partial charge in [-0.2, -0.15) is 0 Å². The second-order valence-corrected chi connectivity index (χ2v) is 6.31. The Balaban J connectivity index is 1.87. The molecule has 108 valence electrons. The summed E-state index contributed by atoms with van der Waals surface area (Å²) < 4.78 is 0.